The van der Waals surface area contributed by atoms with Gasteiger partial charge in [0.25, 0.3) is 0 Å². The standard InChI is InChI=1S/2C12H12N4O.BF4.Fe/c2*1-9-4-2-5-10(11(9)17)8-15-16-12-13-6-3-7-14-12;2-1(3,4)5;/h2*2-8,17H,1H3,(H,13,14,16);;/q;;-1;+3/p-2/b2*15-8+;;. The number of nitrogens with zero attached hydrogens (tertiary/aromatic N) is 6. The van der Waals surface area contributed by atoms with Gasteiger partial charge < -0.3 is 27.5 Å². The molecule has 0 fully saturated rings. The molecule has 0 bridgehead atoms. The van der Waals surface area contributed by atoms with Crippen LogP contribution in [0.2, 0.25) is 0 Å². The van der Waals surface area contributed by atoms with E-state index in [9.17, 15) is 27.5 Å². The molecule has 0 atom stereocenters. The van der Waals surface area contributed by atoms with Gasteiger partial charge in [-0.3, -0.25) is 0 Å². The largest absolute Gasteiger partial charge is 3.00 e. The van der Waals surface area contributed by atoms with Gasteiger partial charge in [-0.25, -0.2) is 30.8 Å². The molecule has 1 radical (unpaired) electrons. The van der Waals surface area contributed by atoms with Crippen molar-refractivity contribution >= 4 is 31.6 Å². The third-order valence-electron chi connectivity index (χ3n) is 4.35. The normalized spacial score (nSPS) is 10.6. The number of para-hydroxylation sites is 2. The molecule has 0 aliphatic heterocycles. The monoisotopic (exact) mass is 597 g/mol. The fourth-order valence-corrected chi connectivity index (χ4v) is 2.59. The molecule has 40 heavy (non-hydrogen) atoms. The van der Waals surface area contributed by atoms with Crippen molar-refractivity contribution in [1.82, 2.24) is 19.9 Å². The van der Waals surface area contributed by atoms with Crippen LogP contribution >= 0.6 is 0 Å². The van der Waals surface area contributed by atoms with E-state index in [-0.39, 0.29) is 28.6 Å². The number of benzene rings is 2. The summed E-state index contributed by atoms with van der Waals surface area (Å²) in [5.74, 6) is 0.742. The number of anilines is 2. The van der Waals surface area contributed by atoms with E-state index in [0.29, 0.717) is 34.2 Å². The van der Waals surface area contributed by atoms with Crippen molar-refractivity contribution in [1.29, 1.82) is 0 Å². The van der Waals surface area contributed by atoms with Crippen molar-refractivity contribution in [3.8, 4) is 11.5 Å². The predicted molar refractivity (Wildman–Crippen MR) is 138 cm³/mol. The Kier molecular flexibility index (Phi) is 14.3. The van der Waals surface area contributed by atoms with Crippen LogP contribution in [-0.4, -0.2) is 39.6 Å². The van der Waals surface area contributed by atoms with Crippen molar-refractivity contribution in [2.45, 2.75) is 13.8 Å². The minimum atomic E-state index is -6.00. The minimum absolute atomic E-state index is 0. The van der Waals surface area contributed by atoms with E-state index in [0.717, 1.165) is 0 Å². The van der Waals surface area contributed by atoms with E-state index in [2.05, 4.69) is 41.0 Å². The maximum absolute atomic E-state index is 11.7. The Bertz CT molecular complexity index is 1260. The molecule has 2 heterocycles. The van der Waals surface area contributed by atoms with E-state index in [1.807, 2.05) is 12.1 Å². The van der Waals surface area contributed by atoms with Crippen LogP contribution in [-0.2, 0) is 17.1 Å². The molecule has 10 nitrogen and oxygen atoms in total. The van der Waals surface area contributed by atoms with Crippen LogP contribution in [0.4, 0.5) is 29.2 Å². The zero-order chi connectivity index (χ0) is 28.7. The summed E-state index contributed by atoms with van der Waals surface area (Å²) >= 11 is 0. The van der Waals surface area contributed by atoms with Gasteiger partial charge in [-0.05, 0) is 37.1 Å². The number of halogens is 4. The quantitative estimate of drug-likeness (QED) is 0.147. The van der Waals surface area contributed by atoms with Gasteiger partial charge in [-0.2, -0.15) is 10.2 Å². The zero-order valence-corrected chi connectivity index (χ0v) is 22.1. The van der Waals surface area contributed by atoms with Crippen molar-refractivity contribution in [2.24, 2.45) is 10.2 Å². The third-order valence-corrected chi connectivity index (χ3v) is 4.35. The summed E-state index contributed by atoms with van der Waals surface area (Å²) in [7, 11) is -6.00. The van der Waals surface area contributed by atoms with Gasteiger partial charge in [0.05, 0.1) is 12.4 Å². The maximum Gasteiger partial charge on any atom is 3.00 e. The molecule has 2 aromatic heterocycles. The smallest absolute Gasteiger partial charge is 0.872 e. The summed E-state index contributed by atoms with van der Waals surface area (Å²) in [5.41, 5.74) is 7.77. The summed E-state index contributed by atoms with van der Waals surface area (Å²) in [6.07, 6.45) is 9.36. The molecule has 0 saturated carbocycles. The fraction of sp³-hybridized carbons (Fsp3) is 0.0833. The summed E-state index contributed by atoms with van der Waals surface area (Å²) in [6, 6.07) is 14.0. The maximum atomic E-state index is 11.7. The summed E-state index contributed by atoms with van der Waals surface area (Å²) in [4.78, 5) is 15.7. The molecular formula is C24H22BF4FeN8O2. The second-order valence-corrected chi connectivity index (χ2v) is 7.37. The van der Waals surface area contributed by atoms with Crippen molar-refractivity contribution in [3.63, 3.8) is 0 Å². The molecule has 0 amide bonds. The van der Waals surface area contributed by atoms with Gasteiger partial charge >= 0.3 is 24.3 Å². The van der Waals surface area contributed by atoms with Gasteiger partial charge in [0, 0.05) is 24.8 Å². The van der Waals surface area contributed by atoms with Crippen LogP contribution in [0.5, 0.6) is 11.5 Å². The van der Waals surface area contributed by atoms with Crippen molar-refractivity contribution in [2.75, 3.05) is 10.9 Å². The van der Waals surface area contributed by atoms with E-state index >= 15 is 0 Å². The van der Waals surface area contributed by atoms with Crippen LogP contribution in [0.1, 0.15) is 22.3 Å². The first-order chi connectivity index (χ1) is 18.5. The SMILES string of the molecule is Cc1cccc(/C=N/Nc2ncccn2)c1[O-].Cc1cccc(/C=N/Nc2ncccn2)c1[O-].F[B-](F)(F)F.[Fe+3]. The third kappa shape index (κ3) is 13.3. The minimum Gasteiger partial charge on any atom is -0.872 e. The van der Waals surface area contributed by atoms with Crippen LogP contribution in [0, 0.1) is 13.8 Å². The number of rotatable bonds is 6. The van der Waals surface area contributed by atoms with Crippen LogP contribution in [0.3, 0.4) is 0 Å². The molecule has 0 aliphatic carbocycles. The van der Waals surface area contributed by atoms with Gasteiger partial charge in [-0.15, -0.1) is 0 Å². The Morgan fingerprint density at radius 1 is 0.650 bits per heavy atom. The molecule has 2 N–H and O–H groups in total. The van der Waals surface area contributed by atoms with Gasteiger partial charge in [0.15, 0.2) is 0 Å². The number of aromatic nitrogens is 4. The number of nitrogens with one attached hydrogen (secondary N) is 2. The van der Waals surface area contributed by atoms with Crippen molar-refractivity contribution in [3.05, 3.63) is 95.6 Å². The fourth-order valence-electron chi connectivity index (χ4n) is 2.59. The summed E-state index contributed by atoms with van der Waals surface area (Å²) in [5, 5.41) is 31.1. The molecule has 0 spiro atoms. The molecule has 209 valence electrons. The Balaban J connectivity index is 0.000000336. The second kappa shape index (κ2) is 17.1. The van der Waals surface area contributed by atoms with Crippen molar-refractivity contribution < 1.29 is 44.5 Å². The molecule has 16 heteroatoms. The molecule has 2 aromatic carbocycles. The first-order valence-corrected chi connectivity index (χ1v) is 11.1. The first-order valence-electron chi connectivity index (χ1n) is 11.1. The average molecular weight is 597 g/mol. The van der Waals surface area contributed by atoms with Crippen LogP contribution in [0.15, 0.2) is 83.5 Å². The number of hydrazone groups is 2. The average Bonchev–Trinajstić information content (AvgIpc) is 2.90. The Morgan fingerprint density at radius 3 is 1.30 bits per heavy atom. The van der Waals surface area contributed by atoms with Gasteiger partial charge in [0.1, 0.15) is 0 Å². The molecule has 0 unspecified atom stereocenters. The predicted octanol–water partition coefficient (Wildman–Crippen LogP) is 3.91. The number of aryl methyl sites for hydroxylation is 2. The van der Waals surface area contributed by atoms with E-state index in [4.69, 9.17) is 0 Å². The van der Waals surface area contributed by atoms with Crippen LogP contribution in [0.25, 0.3) is 0 Å². The molecule has 4 rings (SSSR count). The Hall–Kier alpha value is -4.56. The Morgan fingerprint density at radius 2 is 0.975 bits per heavy atom. The first kappa shape index (κ1) is 33.5. The van der Waals surface area contributed by atoms with E-state index < -0.39 is 7.25 Å². The molecule has 4 aromatic rings. The molecule has 0 saturated heterocycles. The molecular weight excluding hydrogens is 575 g/mol. The number of hydrogen-bond donors (Lipinski definition) is 2. The zero-order valence-electron chi connectivity index (χ0n) is 21.0. The number of hydrogen-bond acceptors (Lipinski definition) is 10. The summed E-state index contributed by atoms with van der Waals surface area (Å²) in [6.45, 7) is 3.54. The van der Waals surface area contributed by atoms with Gasteiger partial charge in [0.2, 0.25) is 11.9 Å². The van der Waals surface area contributed by atoms with E-state index in [1.54, 1.807) is 75.0 Å². The summed E-state index contributed by atoms with van der Waals surface area (Å²) < 4.78 is 39.0. The molecule has 0 aliphatic rings. The topological polar surface area (TPSA) is 146 Å². The second-order valence-electron chi connectivity index (χ2n) is 7.37. The Labute approximate surface area is 237 Å². The van der Waals surface area contributed by atoms with E-state index in [1.165, 1.54) is 12.4 Å². The van der Waals surface area contributed by atoms with Crippen LogP contribution < -0.4 is 21.1 Å². The van der Waals surface area contributed by atoms with Gasteiger partial charge in [-0.1, -0.05) is 59.0 Å².